The van der Waals surface area contributed by atoms with Crippen LogP contribution in [0.15, 0.2) is 28.9 Å². The molecule has 0 saturated carbocycles. The predicted octanol–water partition coefficient (Wildman–Crippen LogP) is 1.06. The Kier molecular flexibility index (Phi) is 1.69. The number of hydrogen-bond acceptors (Lipinski definition) is 5. The molecule has 1 heterocycles. The fourth-order valence-corrected chi connectivity index (χ4v) is 0.379. The third kappa shape index (κ3) is 1.45. The number of rotatable bonds is 1. The largest absolute Gasteiger partial charge is 0.775 e. The van der Waals surface area contributed by atoms with Gasteiger partial charge in [-0.3, -0.25) is 0 Å². The van der Waals surface area contributed by atoms with Crippen molar-refractivity contribution in [3.05, 3.63) is 23.7 Å². The van der Waals surface area contributed by atoms with Crippen molar-refractivity contribution >= 4 is 5.95 Å². The minimum atomic E-state index is 0.0903. The number of hydrogen-bond donors (Lipinski definition) is 0. The van der Waals surface area contributed by atoms with Gasteiger partial charge in [-0.25, -0.2) is 15.2 Å². The van der Waals surface area contributed by atoms with Crippen molar-refractivity contribution in [3.63, 3.8) is 0 Å². The van der Waals surface area contributed by atoms with Crippen LogP contribution in [-0.4, -0.2) is 9.97 Å². The van der Waals surface area contributed by atoms with Gasteiger partial charge in [0.2, 0.25) is 0 Å². The molecule has 0 atom stereocenters. The standard InChI is InChI=1S/C4H4N4O/c9-8-7-4-5-2-1-3-6-4/h1-3H,(H,5,6,7,9)/p-1. The monoisotopic (exact) mass is 123 g/mol. The molecule has 0 aliphatic carbocycles. The minimum Gasteiger partial charge on any atom is -0.775 e. The van der Waals surface area contributed by atoms with Gasteiger partial charge in [-0.2, -0.15) is 0 Å². The lowest BCUT2D eigenvalue weighted by Crippen LogP contribution is -1.74. The fourth-order valence-electron chi connectivity index (χ4n) is 0.379. The summed E-state index contributed by atoms with van der Waals surface area (Å²) in [5.74, 6) is 0.0903. The second-order valence-electron chi connectivity index (χ2n) is 1.23. The van der Waals surface area contributed by atoms with Crippen molar-refractivity contribution in [1.29, 1.82) is 0 Å². The molecule has 5 heteroatoms. The molecule has 0 aromatic carbocycles. The van der Waals surface area contributed by atoms with Crippen molar-refractivity contribution in [2.24, 2.45) is 10.4 Å². The highest BCUT2D eigenvalue weighted by Crippen LogP contribution is 1.98. The topological polar surface area (TPSA) is 73.6 Å². The van der Waals surface area contributed by atoms with Crippen LogP contribution in [0.1, 0.15) is 0 Å². The van der Waals surface area contributed by atoms with E-state index < -0.39 is 0 Å². The molecule has 0 spiro atoms. The summed E-state index contributed by atoms with van der Waals surface area (Å²) < 4.78 is 0. The van der Waals surface area contributed by atoms with E-state index in [1.165, 1.54) is 12.4 Å². The molecule has 1 rings (SSSR count). The molecule has 0 unspecified atom stereocenters. The zero-order valence-electron chi connectivity index (χ0n) is 4.43. The number of nitrogens with zero attached hydrogens (tertiary/aromatic N) is 4. The molecule has 0 bridgehead atoms. The molecule has 0 fully saturated rings. The van der Waals surface area contributed by atoms with Gasteiger partial charge in [0.05, 0.1) is 0 Å². The quantitative estimate of drug-likeness (QED) is 0.414. The first-order valence-electron chi connectivity index (χ1n) is 2.24. The van der Waals surface area contributed by atoms with Gasteiger partial charge in [0, 0.05) is 12.4 Å². The van der Waals surface area contributed by atoms with Crippen LogP contribution < -0.4 is 0 Å². The van der Waals surface area contributed by atoms with Crippen LogP contribution in [0.2, 0.25) is 0 Å². The normalized spacial score (nSPS) is 10.2. The molecule has 46 valence electrons. The van der Waals surface area contributed by atoms with Crippen molar-refractivity contribution in [1.82, 2.24) is 9.97 Å². The molecule has 0 aliphatic heterocycles. The Morgan fingerprint density at radius 2 is 2.00 bits per heavy atom. The van der Waals surface area contributed by atoms with Gasteiger partial charge in [0.1, 0.15) is 0 Å². The molecular formula is C4H3N4O-. The highest BCUT2D eigenvalue weighted by Gasteiger charge is 1.83. The van der Waals surface area contributed by atoms with Crippen LogP contribution in [0.5, 0.6) is 0 Å². The highest BCUT2D eigenvalue weighted by molar-refractivity contribution is 5.09. The first kappa shape index (κ1) is 5.61. The summed E-state index contributed by atoms with van der Waals surface area (Å²) in [7, 11) is 0. The van der Waals surface area contributed by atoms with Gasteiger partial charge >= 0.3 is 0 Å². The van der Waals surface area contributed by atoms with Gasteiger partial charge in [-0.05, 0) is 6.07 Å². The average molecular weight is 123 g/mol. The van der Waals surface area contributed by atoms with Crippen molar-refractivity contribution in [3.8, 4) is 0 Å². The molecule has 0 radical (unpaired) electrons. The van der Waals surface area contributed by atoms with Crippen molar-refractivity contribution in [2.45, 2.75) is 0 Å². The molecule has 0 saturated heterocycles. The second-order valence-corrected chi connectivity index (χ2v) is 1.23. The van der Waals surface area contributed by atoms with Crippen LogP contribution in [0.3, 0.4) is 0 Å². The van der Waals surface area contributed by atoms with E-state index in [1.54, 1.807) is 6.07 Å². The zero-order chi connectivity index (χ0) is 6.53. The lowest BCUT2D eigenvalue weighted by molar-refractivity contribution is 1.07. The first-order chi connectivity index (χ1) is 4.43. The molecule has 1 aromatic heterocycles. The van der Waals surface area contributed by atoms with E-state index in [1.807, 2.05) is 0 Å². The molecule has 5 nitrogen and oxygen atoms in total. The van der Waals surface area contributed by atoms with E-state index in [0.717, 1.165) is 0 Å². The Morgan fingerprint density at radius 3 is 2.56 bits per heavy atom. The van der Waals surface area contributed by atoms with Crippen LogP contribution in [0.25, 0.3) is 0 Å². The van der Waals surface area contributed by atoms with Crippen LogP contribution >= 0.6 is 0 Å². The summed E-state index contributed by atoms with van der Waals surface area (Å²) in [6.07, 6.45) is 2.97. The van der Waals surface area contributed by atoms with Gasteiger partial charge in [0.15, 0.2) is 0 Å². The summed E-state index contributed by atoms with van der Waals surface area (Å²) >= 11 is 0. The smallest absolute Gasteiger partial charge is 0.267 e. The highest BCUT2D eigenvalue weighted by atomic mass is 16.5. The maximum Gasteiger partial charge on any atom is 0.267 e. The predicted molar refractivity (Wildman–Crippen MR) is 29.9 cm³/mol. The van der Waals surface area contributed by atoms with Gasteiger partial charge < -0.3 is 5.21 Å². The Labute approximate surface area is 51.1 Å². The van der Waals surface area contributed by atoms with E-state index in [4.69, 9.17) is 0 Å². The summed E-state index contributed by atoms with van der Waals surface area (Å²) in [4.78, 5) is 7.19. The minimum absolute atomic E-state index is 0.0903. The molecule has 0 N–H and O–H groups in total. The Balaban J connectivity index is 2.85. The van der Waals surface area contributed by atoms with E-state index in [9.17, 15) is 5.21 Å². The van der Waals surface area contributed by atoms with E-state index >= 15 is 0 Å². The molecule has 1 aromatic rings. The SMILES string of the molecule is [O-]N=Nc1ncccn1. The summed E-state index contributed by atoms with van der Waals surface area (Å²) in [5, 5.41) is 14.8. The molecule has 0 amide bonds. The Bertz CT molecular complexity index is 197. The van der Waals surface area contributed by atoms with E-state index in [0.29, 0.717) is 0 Å². The second kappa shape index (κ2) is 2.71. The van der Waals surface area contributed by atoms with Gasteiger partial charge in [-0.15, -0.1) is 5.11 Å². The maximum atomic E-state index is 9.48. The van der Waals surface area contributed by atoms with Crippen LogP contribution in [0, 0.1) is 5.21 Å². The van der Waals surface area contributed by atoms with E-state index in [2.05, 4.69) is 20.4 Å². The maximum absolute atomic E-state index is 9.48. The van der Waals surface area contributed by atoms with Crippen LogP contribution in [0.4, 0.5) is 5.95 Å². The van der Waals surface area contributed by atoms with Crippen LogP contribution in [-0.2, 0) is 0 Å². The fraction of sp³-hybridized carbons (Fsp3) is 0. The van der Waals surface area contributed by atoms with E-state index in [-0.39, 0.29) is 5.95 Å². The summed E-state index contributed by atoms with van der Waals surface area (Å²) in [6.45, 7) is 0. The summed E-state index contributed by atoms with van der Waals surface area (Å²) in [6, 6.07) is 1.63. The Hall–Kier alpha value is -1.52. The molecule has 9 heavy (non-hydrogen) atoms. The van der Waals surface area contributed by atoms with Gasteiger partial charge in [-0.1, -0.05) is 0 Å². The average Bonchev–Trinajstić information content (AvgIpc) is 1.91. The third-order valence-corrected chi connectivity index (χ3v) is 0.682. The molecular weight excluding hydrogens is 120 g/mol. The first-order valence-corrected chi connectivity index (χ1v) is 2.24. The third-order valence-electron chi connectivity index (χ3n) is 0.682. The van der Waals surface area contributed by atoms with Crippen molar-refractivity contribution < 1.29 is 0 Å². The number of aromatic nitrogens is 2. The van der Waals surface area contributed by atoms with Gasteiger partial charge in [0.25, 0.3) is 5.95 Å². The lowest BCUT2D eigenvalue weighted by atomic mass is 10.7. The lowest BCUT2D eigenvalue weighted by Gasteiger charge is -1.87. The van der Waals surface area contributed by atoms with Crippen molar-refractivity contribution in [2.75, 3.05) is 0 Å². The Morgan fingerprint density at radius 1 is 1.33 bits per heavy atom. The zero-order valence-corrected chi connectivity index (χ0v) is 4.43. The summed E-state index contributed by atoms with van der Waals surface area (Å²) in [5.41, 5.74) is 0. The molecule has 0 aliphatic rings.